The van der Waals surface area contributed by atoms with Crippen molar-refractivity contribution in [3.05, 3.63) is 0 Å². The van der Waals surface area contributed by atoms with Gasteiger partial charge in [0.15, 0.2) is 0 Å². The van der Waals surface area contributed by atoms with Crippen LogP contribution in [0.2, 0.25) is 0 Å². The van der Waals surface area contributed by atoms with Crippen LogP contribution < -0.4 is 5.73 Å². The van der Waals surface area contributed by atoms with Gasteiger partial charge in [0.1, 0.15) is 0 Å². The fourth-order valence-corrected chi connectivity index (χ4v) is 4.10. The van der Waals surface area contributed by atoms with Crippen molar-refractivity contribution in [1.29, 1.82) is 0 Å². The lowest BCUT2D eigenvalue weighted by molar-refractivity contribution is -0.136. The molecule has 7 nitrogen and oxygen atoms in total. The maximum atomic E-state index is 12.8. The van der Waals surface area contributed by atoms with E-state index in [2.05, 4.69) is 11.8 Å². The minimum atomic E-state index is -0.179. The highest BCUT2D eigenvalue weighted by Gasteiger charge is 2.40. The van der Waals surface area contributed by atoms with Gasteiger partial charge in [0.05, 0.1) is 19.1 Å². The predicted molar refractivity (Wildman–Crippen MR) is 105 cm³/mol. The van der Waals surface area contributed by atoms with Gasteiger partial charge >= 0.3 is 0 Å². The Bertz CT molecular complexity index is 477. The summed E-state index contributed by atoms with van der Waals surface area (Å²) in [5.74, 6) is 0.476. The smallest absolute Gasteiger partial charge is 0.228 e. The van der Waals surface area contributed by atoms with Crippen LogP contribution in [-0.4, -0.2) is 91.6 Å². The van der Waals surface area contributed by atoms with Crippen LogP contribution in [0.15, 0.2) is 0 Å². The van der Waals surface area contributed by atoms with Crippen LogP contribution in [0.5, 0.6) is 0 Å². The zero-order valence-electron chi connectivity index (χ0n) is 15.5. The molecule has 9 heteroatoms. The Kier molecular flexibility index (Phi) is 9.61. The molecule has 3 unspecified atom stereocenters. The second-order valence-electron chi connectivity index (χ2n) is 7.37. The molecule has 2 N–H and O–H groups in total. The Morgan fingerprint density at radius 1 is 1.19 bits per heavy atom. The van der Waals surface area contributed by atoms with E-state index in [4.69, 9.17) is 10.5 Å². The van der Waals surface area contributed by atoms with Crippen molar-refractivity contribution in [2.45, 2.75) is 25.8 Å². The first kappa shape index (κ1) is 23.4. The molecule has 0 spiro atoms. The average molecular weight is 411 g/mol. The molecule has 0 saturated carbocycles. The van der Waals surface area contributed by atoms with Gasteiger partial charge in [0, 0.05) is 51.7 Å². The number of nitrogens with zero attached hydrogens (tertiary/aromatic N) is 3. The summed E-state index contributed by atoms with van der Waals surface area (Å²) in [6, 6.07) is 0.239. The van der Waals surface area contributed by atoms with E-state index in [1.165, 1.54) is 0 Å². The summed E-state index contributed by atoms with van der Waals surface area (Å²) in [7, 11) is 0. The van der Waals surface area contributed by atoms with Crippen LogP contribution in [0.4, 0.5) is 0 Å². The summed E-state index contributed by atoms with van der Waals surface area (Å²) >= 11 is 0. The van der Waals surface area contributed by atoms with Gasteiger partial charge in [-0.15, -0.1) is 24.8 Å². The molecule has 3 atom stereocenters. The van der Waals surface area contributed by atoms with Crippen molar-refractivity contribution in [2.24, 2.45) is 17.6 Å². The van der Waals surface area contributed by atoms with Crippen molar-refractivity contribution < 1.29 is 14.3 Å². The van der Waals surface area contributed by atoms with Gasteiger partial charge in [-0.05, 0) is 25.8 Å². The molecule has 3 aliphatic heterocycles. The third-order valence-electron chi connectivity index (χ3n) is 5.63. The Labute approximate surface area is 168 Å². The molecule has 3 aliphatic rings. The molecule has 0 bridgehead atoms. The van der Waals surface area contributed by atoms with Crippen LogP contribution in [0.1, 0.15) is 19.8 Å². The van der Waals surface area contributed by atoms with E-state index in [0.717, 1.165) is 45.8 Å². The third kappa shape index (κ3) is 5.45. The number of ether oxygens (including phenoxy) is 1. The predicted octanol–water partition coefficient (Wildman–Crippen LogP) is 0.206. The topological polar surface area (TPSA) is 79.1 Å². The van der Waals surface area contributed by atoms with Crippen molar-refractivity contribution in [3.63, 3.8) is 0 Å². The normalized spacial score (nSPS) is 29.5. The lowest BCUT2D eigenvalue weighted by atomic mass is 10.1. The second kappa shape index (κ2) is 10.7. The Balaban J connectivity index is 0.00000169. The SMILES string of the molecule is CC1CC(CN)CN1C(=O)C1CC(=O)N(CCN2CCOCC2)C1.Cl.Cl. The van der Waals surface area contributed by atoms with Crippen LogP contribution >= 0.6 is 24.8 Å². The van der Waals surface area contributed by atoms with E-state index in [1.807, 2.05) is 9.80 Å². The van der Waals surface area contributed by atoms with Crippen molar-refractivity contribution in [3.8, 4) is 0 Å². The lowest BCUT2D eigenvalue weighted by Gasteiger charge is -2.29. The van der Waals surface area contributed by atoms with Gasteiger partial charge in [0.25, 0.3) is 0 Å². The van der Waals surface area contributed by atoms with E-state index in [0.29, 0.717) is 32.0 Å². The number of amides is 2. The van der Waals surface area contributed by atoms with E-state index >= 15 is 0 Å². The van der Waals surface area contributed by atoms with Crippen molar-refractivity contribution in [2.75, 3.05) is 59.0 Å². The average Bonchev–Trinajstić information content (AvgIpc) is 3.16. The molecule has 0 radical (unpaired) electrons. The quantitative estimate of drug-likeness (QED) is 0.700. The molecule has 152 valence electrons. The summed E-state index contributed by atoms with van der Waals surface area (Å²) in [6.45, 7) is 8.99. The highest BCUT2D eigenvalue weighted by molar-refractivity contribution is 5.89. The highest BCUT2D eigenvalue weighted by Crippen LogP contribution is 2.27. The van der Waals surface area contributed by atoms with E-state index in [1.54, 1.807) is 0 Å². The summed E-state index contributed by atoms with van der Waals surface area (Å²) < 4.78 is 5.34. The molecule has 3 rings (SSSR count). The number of hydrogen-bond acceptors (Lipinski definition) is 5. The summed E-state index contributed by atoms with van der Waals surface area (Å²) in [5.41, 5.74) is 5.75. The molecule has 26 heavy (non-hydrogen) atoms. The number of nitrogens with two attached hydrogens (primary N) is 1. The highest BCUT2D eigenvalue weighted by atomic mass is 35.5. The molecule has 0 aromatic carbocycles. The van der Waals surface area contributed by atoms with Crippen molar-refractivity contribution >= 4 is 36.6 Å². The van der Waals surface area contributed by atoms with Crippen LogP contribution in [-0.2, 0) is 14.3 Å². The second-order valence-corrected chi connectivity index (χ2v) is 7.37. The van der Waals surface area contributed by atoms with Crippen LogP contribution in [0.25, 0.3) is 0 Å². The first-order valence-electron chi connectivity index (χ1n) is 9.17. The molecule has 0 aliphatic carbocycles. The number of morpholine rings is 1. The maximum absolute atomic E-state index is 12.8. The largest absolute Gasteiger partial charge is 0.379 e. The molecule has 3 saturated heterocycles. The Hall–Kier alpha value is -0.600. The number of halogens is 2. The van der Waals surface area contributed by atoms with E-state index in [9.17, 15) is 9.59 Å². The number of rotatable bonds is 5. The van der Waals surface area contributed by atoms with Gasteiger partial charge in [-0.25, -0.2) is 0 Å². The number of likely N-dealkylation sites (tertiary alicyclic amines) is 2. The van der Waals surface area contributed by atoms with Gasteiger partial charge in [-0.1, -0.05) is 0 Å². The fourth-order valence-electron chi connectivity index (χ4n) is 4.10. The minimum absolute atomic E-state index is 0. The van der Waals surface area contributed by atoms with E-state index < -0.39 is 0 Å². The van der Waals surface area contributed by atoms with Gasteiger partial charge in [0.2, 0.25) is 11.8 Å². The number of hydrogen-bond donors (Lipinski definition) is 1. The van der Waals surface area contributed by atoms with Crippen LogP contribution in [0, 0.1) is 11.8 Å². The monoisotopic (exact) mass is 410 g/mol. The zero-order chi connectivity index (χ0) is 17.1. The van der Waals surface area contributed by atoms with Gasteiger partial charge in [-0.2, -0.15) is 0 Å². The molecule has 3 heterocycles. The molecule has 0 aromatic heterocycles. The summed E-state index contributed by atoms with van der Waals surface area (Å²) in [5, 5.41) is 0. The van der Waals surface area contributed by atoms with Gasteiger partial charge in [-0.3, -0.25) is 14.5 Å². The number of carbonyl (C=O) groups excluding carboxylic acids is 2. The fraction of sp³-hybridized carbons (Fsp3) is 0.882. The van der Waals surface area contributed by atoms with Crippen LogP contribution in [0.3, 0.4) is 0 Å². The Morgan fingerprint density at radius 3 is 2.50 bits per heavy atom. The molecule has 0 aromatic rings. The standard InChI is InChI=1S/C17H30N4O3.2ClH/c1-13-8-14(10-18)11-21(13)17(23)15-9-16(22)20(12-15)3-2-19-4-6-24-7-5-19;;/h13-15H,2-12,18H2,1H3;2*1H. The first-order valence-corrected chi connectivity index (χ1v) is 9.17. The maximum Gasteiger partial charge on any atom is 0.228 e. The molecule has 3 fully saturated rings. The lowest BCUT2D eigenvalue weighted by Crippen LogP contribution is -2.42. The van der Waals surface area contributed by atoms with Gasteiger partial charge < -0.3 is 20.3 Å². The third-order valence-corrected chi connectivity index (χ3v) is 5.63. The summed E-state index contributed by atoms with van der Waals surface area (Å²) in [6.07, 6.45) is 1.34. The molecular weight excluding hydrogens is 379 g/mol. The molecular formula is C17H32Cl2N4O3. The number of carbonyl (C=O) groups is 2. The summed E-state index contributed by atoms with van der Waals surface area (Å²) in [4.78, 5) is 31.2. The molecule has 2 amide bonds. The minimum Gasteiger partial charge on any atom is -0.379 e. The zero-order valence-corrected chi connectivity index (χ0v) is 17.1. The Morgan fingerprint density at radius 2 is 1.88 bits per heavy atom. The van der Waals surface area contributed by atoms with E-state index in [-0.39, 0.29) is 48.6 Å². The first-order chi connectivity index (χ1) is 11.6. The van der Waals surface area contributed by atoms with Crippen molar-refractivity contribution in [1.82, 2.24) is 14.7 Å².